The van der Waals surface area contributed by atoms with Gasteiger partial charge in [-0.15, -0.1) is 10.2 Å². The lowest BCUT2D eigenvalue weighted by Gasteiger charge is -2.14. The van der Waals surface area contributed by atoms with Gasteiger partial charge in [0.05, 0.1) is 18.4 Å². The number of ether oxygens (including phenoxy) is 1. The SMILES string of the molecule is COc1ccccc1-n1c(Cc2ccccc2)nnc1SCc1ccc(C(F)(F)F)cc1. The molecule has 8 heteroatoms. The van der Waals surface area contributed by atoms with Crippen molar-refractivity contribution >= 4 is 11.8 Å². The summed E-state index contributed by atoms with van der Waals surface area (Å²) in [5.74, 6) is 1.88. The largest absolute Gasteiger partial charge is 0.495 e. The minimum atomic E-state index is -4.35. The quantitative estimate of drug-likeness (QED) is 0.312. The van der Waals surface area contributed by atoms with Crippen molar-refractivity contribution in [1.82, 2.24) is 14.8 Å². The van der Waals surface area contributed by atoms with E-state index < -0.39 is 11.7 Å². The zero-order chi connectivity index (χ0) is 22.6. The lowest BCUT2D eigenvalue weighted by atomic mass is 10.1. The van der Waals surface area contributed by atoms with Crippen molar-refractivity contribution in [2.45, 2.75) is 23.5 Å². The molecular formula is C24H20F3N3OS. The van der Waals surface area contributed by atoms with E-state index in [-0.39, 0.29) is 0 Å². The molecule has 0 bridgehead atoms. The van der Waals surface area contributed by atoms with E-state index in [1.165, 1.54) is 23.9 Å². The van der Waals surface area contributed by atoms with Gasteiger partial charge >= 0.3 is 6.18 Å². The van der Waals surface area contributed by atoms with Crippen LogP contribution in [0.3, 0.4) is 0 Å². The second kappa shape index (κ2) is 9.48. The second-order valence-electron chi connectivity index (χ2n) is 7.05. The molecular weight excluding hydrogens is 435 g/mol. The highest BCUT2D eigenvalue weighted by Crippen LogP contribution is 2.32. The van der Waals surface area contributed by atoms with Gasteiger partial charge in [0.25, 0.3) is 0 Å². The number of alkyl halides is 3. The predicted octanol–water partition coefficient (Wildman–Crippen LogP) is 6.18. The van der Waals surface area contributed by atoms with Crippen molar-refractivity contribution in [2.24, 2.45) is 0 Å². The van der Waals surface area contributed by atoms with Crippen LogP contribution in [0.2, 0.25) is 0 Å². The average Bonchev–Trinajstić information content (AvgIpc) is 3.20. The third kappa shape index (κ3) is 4.96. The molecule has 0 aliphatic rings. The van der Waals surface area contributed by atoms with Crippen molar-refractivity contribution in [3.05, 3.63) is 101 Å². The molecule has 32 heavy (non-hydrogen) atoms. The van der Waals surface area contributed by atoms with Crippen molar-refractivity contribution < 1.29 is 17.9 Å². The van der Waals surface area contributed by atoms with Crippen LogP contribution in [0.5, 0.6) is 5.75 Å². The van der Waals surface area contributed by atoms with E-state index in [4.69, 9.17) is 4.74 Å². The summed E-state index contributed by atoms with van der Waals surface area (Å²) in [5.41, 5.74) is 2.01. The van der Waals surface area contributed by atoms with Gasteiger partial charge in [0.1, 0.15) is 11.6 Å². The Morgan fingerprint density at radius 2 is 1.53 bits per heavy atom. The Balaban J connectivity index is 1.64. The van der Waals surface area contributed by atoms with Gasteiger partial charge in [0, 0.05) is 12.2 Å². The minimum Gasteiger partial charge on any atom is -0.495 e. The van der Waals surface area contributed by atoms with Crippen LogP contribution >= 0.6 is 11.8 Å². The highest BCUT2D eigenvalue weighted by Gasteiger charge is 2.30. The highest BCUT2D eigenvalue weighted by atomic mass is 32.2. The summed E-state index contributed by atoms with van der Waals surface area (Å²) in [4.78, 5) is 0. The van der Waals surface area contributed by atoms with Crippen LogP contribution in [-0.4, -0.2) is 21.9 Å². The number of halogens is 3. The van der Waals surface area contributed by atoms with E-state index in [0.29, 0.717) is 23.1 Å². The molecule has 4 aromatic rings. The first-order chi connectivity index (χ1) is 15.5. The molecule has 0 amide bonds. The maximum atomic E-state index is 12.8. The van der Waals surface area contributed by atoms with Gasteiger partial charge in [-0.3, -0.25) is 4.57 Å². The van der Waals surface area contributed by atoms with Crippen LogP contribution in [0.25, 0.3) is 5.69 Å². The first-order valence-electron chi connectivity index (χ1n) is 9.86. The molecule has 0 fully saturated rings. The summed E-state index contributed by atoms with van der Waals surface area (Å²) in [5, 5.41) is 9.43. The molecule has 164 valence electrons. The molecule has 0 aliphatic carbocycles. The number of nitrogens with zero attached hydrogens (tertiary/aromatic N) is 3. The summed E-state index contributed by atoms with van der Waals surface area (Å²) in [6, 6.07) is 22.7. The Bertz CT molecular complexity index is 1180. The Morgan fingerprint density at radius 3 is 2.22 bits per heavy atom. The van der Waals surface area contributed by atoms with Crippen LogP contribution < -0.4 is 4.74 Å². The third-order valence-corrected chi connectivity index (χ3v) is 5.88. The molecule has 0 spiro atoms. The first-order valence-corrected chi connectivity index (χ1v) is 10.8. The lowest BCUT2D eigenvalue weighted by Crippen LogP contribution is -2.06. The Labute approximate surface area is 188 Å². The molecule has 4 nitrogen and oxygen atoms in total. The highest BCUT2D eigenvalue weighted by molar-refractivity contribution is 7.98. The van der Waals surface area contributed by atoms with E-state index in [1.54, 1.807) is 7.11 Å². The van der Waals surface area contributed by atoms with Crippen LogP contribution in [0.4, 0.5) is 13.2 Å². The van der Waals surface area contributed by atoms with Crippen molar-refractivity contribution in [3.63, 3.8) is 0 Å². The monoisotopic (exact) mass is 455 g/mol. The fourth-order valence-electron chi connectivity index (χ4n) is 3.28. The molecule has 0 unspecified atom stereocenters. The van der Waals surface area contributed by atoms with Crippen LogP contribution in [0.15, 0.2) is 84.0 Å². The Hall–Kier alpha value is -3.26. The van der Waals surface area contributed by atoms with Crippen molar-refractivity contribution in [2.75, 3.05) is 7.11 Å². The summed E-state index contributed by atoms with van der Waals surface area (Å²) in [7, 11) is 1.61. The second-order valence-corrected chi connectivity index (χ2v) is 7.99. The molecule has 1 heterocycles. The Morgan fingerprint density at radius 1 is 0.844 bits per heavy atom. The van der Waals surface area contributed by atoms with Crippen LogP contribution in [0, 0.1) is 0 Å². The summed E-state index contributed by atoms with van der Waals surface area (Å²) in [6.45, 7) is 0. The summed E-state index contributed by atoms with van der Waals surface area (Å²) in [6.07, 6.45) is -3.77. The maximum Gasteiger partial charge on any atom is 0.416 e. The first kappa shape index (κ1) is 22.0. The van der Waals surface area contributed by atoms with Crippen molar-refractivity contribution in [1.29, 1.82) is 0 Å². The third-order valence-electron chi connectivity index (χ3n) is 4.88. The fourth-order valence-corrected chi connectivity index (χ4v) is 4.20. The number of hydrogen-bond donors (Lipinski definition) is 0. The molecule has 3 aromatic carbocycles. The normalized spacial score (nSPS) is 11.5. The average molecular weight is 456 g/mol. The van der Waals surface area contributed by atoms with Gasteiger partial charge in [-0.2, -0.15) is 13.2 Å². The van der Waals surface area contributed by atoms with Crippen LogP contribution in [0.1, 0.15) is 22.5 Å². The summed E-state index contributed by atoms with van der Waals surface area (Å²) < 4.78 is 46.0. The van der Waals surface area contributed by atoms with E-state index >= 15 is 0 Å². The molecule has 4 rings (SSSR count). The standard InChI is InChI=1S/C24H20F3N3OS/c1-31-21-10-6-5-9-20(21)30-22(15-17-7-3-2-4-8-17)28-29-23(30)32-16-18-11-13-19(14-12-18)24(25,26)27/h2-14H,15-16H2,1H3. The minimum absolute atomic E-state index is 0.455. The number of aromatic nitrogens is 3. The number of benzene rings is 3. The van der Waals surface area contributed by atoms with Gasteiger partial charge in [0.15, 0.2) is 5.16 Å². The zero-order valence-electron chi connectivity index (χ0n) is 17.2. The van der Waals surface area contributed by atoms with Gasteiger partial charge in [-0.05, 0) is 35.4 Å². The number of rotatable bonds is 7. The maximum absolute atomic E-state index is 12.8. The van der Waals surface area contributed by atoms with E-state index in [0.717, 1.165) is 34.8 Å². The lowest BCUT2D eigenvalue weighted by molar-refractivity contribution is -0.137. The summed E-state index contributed by atoms with van der Waals surface area (Å²) >= 11 is 1.41. The van der Waals surface area contributed by atoms with E-state index in [2.05, 4.69) is 10.2 Å². The van der Waals surface area contributed by atoms with Gasteiger partial charge < -0.3 is 4.74 Å². The fraction of sp³-hybridized carbons (Fsp3) is 0.167. The van der Waals surface area contributed by atoms with Gasteiger partial charge in [0.2, 0.25) is 0 Å². The molecule has 0 radical (unpaired) electrons. The number of para-hydroxylation sites is 2. The molecule has 0 atom stereocenters. The van der Waals surface area contributed by atoms with Gasteiger partial charge in [-0.25, -0.2) is 0 Å². The Kier molecular flexibility index (Phi) is 6.50. The molecule has 0 saturated heterocycles. The molecule has 0 saturated carbocycles. The molecule has 0 N–H and O–H groups in total. The van der Waals surface area contributed by atoms with Gasteiger partial charge in [-0.1, -0.05) is 66.4 Å². The topological polar surface area (TPSA) is 39.9 Å². The van der Waals surface area contributed by atoms with E-state index in [1.807, 2.05) is 59.2 Å². The molecule has 1 aromatic heterocycles. The molecule has 0 aliphatic heterocycles. The number of thioether (sulfide) groups is 1. The smallest absolute Gasteiger partial charge is 0.416 e. The van der Waals surface area contributed by atoms with E-state index in [9.17, 15) is 13.2 Å². The van der Waals surface area contributed by atoms with Crippen LogP contribution in [-0.2, 0) is 18.3 Å². The number of methoxy groups -OCH3 is 1. The predicted molar refractivity (Wildman–Crippen MR) is 118 cm³/mol. The van der Waals surface area contributed by atoms with Crippen molar-refractivity contribution in [3.8, 4) is 11.4 Å². The zero-order valence-corrected chi connectivity index (χ0v) is 18.0. The number of hydrogen-bond acceptors (Lipinski definition) is 4.